The molecule has 0 bridgehead atoms. The number of Topliss-reactive ketones (excluding diaryl/α,β-unsaturated/α-hetero) is 2. The van der Waals surface area contributed by atoms with Crippen LogP contribution in [0.1, 0.15) is 48.0 Å². The van der Waals surface area contributed by atoms with Gasteiger partial charge in [-0.15, -0.1) is 0 Å². The van der Waals surface area contributed by atoms with E-state index in [4.69, 9.17) is 0 Å². The number of nitrogens with one attached hydrogen (secondary N) is 1. The van der Waals surface area contributed by atoms with Crippen molar-refractivity contribution in [3.63, 3.8) is 0 Å². The maximum Gasteiger partial charge on any atom is 0.226 e. The van der Waals surface area contributed by atoms with E-state index in [9.17, 15) is 14.4 Å². The molecule has 0 rings (SSSR count). The van der Waals surface area contributed by atoms with Gasteiger partial charge in [0, 0.05) is 10.8 Å². The maximum absolute atomic E-state index is 11.9. The summed E-state index contributed by atoms with van der Waals surface area (Å²) in [5.74, 6) is -0.216. The van der Waals surface area contributed by atoms with E-state index in [0.717, 1.165) is 0 Å². The molecule has 17 heavy (non-hydrogen) atoms. The van der Waals surface area contributed by atoms with Gasteiger partial charge in [0.15, 0.2) is 0 Å². The Morgan fingerprint density at radius 2 is 1.41 bits per heavy atom. The molecule has 0 fully saturated rings. The second-order valence-corrected chi connectivity index (χ2v) is 5.89. The van der Waals surface area contributed by atoms with Gasteiger partial charge in [0.25, 0.3) is 0 Å². The SMILES string of the molecule is CC(=O)CNC(=O)C(C)(C)CC(C)(C)C(C)=O. The van der Waals surface area contributed by atoms with Crippen LogP contribution in [0.4, 0.5) is 0 Å². The third kappa shape index (κ3) is 5.11. The van der Waals surface area contributed by atoms with Gasteiger partial charge < -0.3 is 5.32 Å². The van der Waals surface area contributed by atoms with Gasteiger partial charge in [0.2, 0.25) is 5.91 Å². The molecule has 98 valence electrons. The number of ketones is 2. The molecule has 4 nitrogen and oxygen atoms in total. The molecule has 0 aromatic rings. The molecular formula is C13H23NO3. The van der Waals surface area contributed by atoms with Gasteiger partial charge in [-0.1, -0.05) is 27.7 Å². The van der Waals surface area contributed by atoms with E-state index >= 15 is 0 Å². The summed E-state index contributed by atoms with van der Waals surface area (Å²) in [5.41, 5.74) is -1.19. The third-order valence-electron chi connectivity index (χ3n) is 2.95. The van der Waals surface area contributed by atoms with Crippen LogP contribution < -0.4 is 5.32 Å². The Balaban J connectivity index is 4.62. The summed E-state index contributed by atoms with van der Waals surface area (Å²) in [6, 6.07) is 0. The van der Waals surface area contributed by atoms with Crippen LogP contribution in [0.3, 0.4) is 0 Å². The fourth-order valence-corrected chi connectivity index (χ4v) is 1.75. The largest absolute Gasteiger partial charge is 0.349 e. The molecule has 4 heteroatoms. The normalized spacial score (nSPS) is 12.1. The molecule has 0 heterocycles. The first kappa shape index (κ1) is 15.8. The molecule has 0 aromatic carbocycles. The first-order chi connectivity index (χ1) is 7.49. The molecule has 0 unspecified atom stereocenters. The lowest BCUT2D eigenvalue weighted by atomic mass is 9.72. The van der Waals surface area contributed by atoms with Gasteiger partial charge in [-0.05, 0) is 20.3 Å². The lowest BCUT2D eigenvalue weighted by Gasteiger charge is -2.32. The fourth-order valence-electron chi connectivity index (χ4n) is 1.75. The Kier molecular flexibility index (Phi) is 5.05. The average Bonchev–Trinajstić information content (AvgIpc) is 2.11. The van der Waals surface area contributed by atoms with Crippen LogP contribution in [-0.2, 0) is 14.4 Å². The predicted molar refractivity (Wildman–Crippen MR) is 66.6 cm³/mol. The van der Waals surface area contributed by atoms with Crippen molar-refractivity contribution in [2.24, 2.45) is 10.8 Å². The van der Waals surface area contributed by atoms with E-state index in [-0.39, 0.29) is 24.0 Å². The smallest absolute Gasteiger partial charge is 0.226 e. The highest BCUT2D eigenvalue weighted by Crippen LogP contribution is 2.34. The molecule has 0 spiro atoms. The molecule has 0 aliphatic heterocycles. The minimum Gasteiger partial charge on any atom is -0.349 e. The average molecular weight is 241 g/mol. The molecular weight excluding hydrogens is 218 g/mol. The number of amides is 1. The highest BCUT2D eigenvalue weighted by Gasteiger charge is 2.36. The molecule has 0 saturated heterocycles. The van der Waals surface area contributed by atoms with Gasteiger partial charge in [-0.25, -0.2) is 0 Å². The summed E-state index contributed by atoms with van der Waals surface area (Å²) >= 11 is 0. The second kappa shape index (κ2) is 5.43. The zero-order valence-electron chi connectivity index (χ0n) is 11.6. The summed E-state index contributed by atoms with van der Waals surface area (Å²) in [4.78, 5) is 34.1. The van der Waals surface area contributed by atoms with Crippen LogP contribution in [0.2, 0.25) is 0 Å². The summed E-state index contributed by atoms with van der Waals surface area (Å²) < 4.78 is 0. The van der Waals surface area contributed by atoms with Crippen LogP contribution in [0, 0.1) is 10.8 Å². The van der Waals surface area contributed by atoms with Crippen molar-refractivity contribution in [2.75, 3.05) is 6.54 Å². The Labute approximate surface area is 103 Å². The van der Waals surface area contributed by atoms with Crippen LogP contribution in [0.15, 0.2) is 0 Å². The van der Waals surface area contributed by atoms with Crippen molar-refractivity contribution >= 4 is 17.5 Å². The molecule has 0 atom stereocenters. The lowest BCUT2D eigenvalue weighted by Crippen LogP contribution is -2.42. The van der Waals surface area contributed by atoms with Crippen molar-refractivity contribution in [3.05, 3.63) is 0 Å². The number of hydrogen-bond donors (Lipinski definition) is 1. The Bertz CT molecular complexity index is 330. The minimum absolute atomic E-state index is 0.0444. The molecule has 0 radical (unpaired) electrons. The Hall–Kier alpha value is -1.19. The Morgan fingerprint density at radius 3 is 1.76 bits per heavy atom. The minimum atomic E-state index is -0.662. The fraction of sp³-hybridized carbons (Fsp3) is 0.769. The first-order valence-electron chi connectivity index (χ1n) is 5.78. The number of rotatable bonds is 6. The van der Waals surface area contributed by atoms with Crippen molar-refractivity contribution in [1.29, 1.82) is 0 Å². The van der Waals surface area contributed by atoms with E-state index in [2.05, 4.69) is 5.32 Å². The summed E-state index contributed by atoms with van der Waals surface area (Å²) in [7, 11) is 0. The van der Waals surface area contributed by atoms with E-state index in [1.54, 1.807) is 13.8 Å². The van der Waals surface area contributed by atoms with Crippen molar-refractivity contribution in [3.8, 4) is 0 Å². The van der Waals surface area contributed by atoms with Crippen LogP contribution in [-0.4, -0.2) is 24.0 Å². The first-order valence-corrected chi connectivity index (χ1v) is 5.78. The zero-order chi connectivity index (χ0) is 13.9. The number of carbonyl (C=O) groups is 3. The molecule has 0 aromatic heterocycles. The monoisotopic (exact) mass is 241 g/mol. The van der Waals surface area contributed by atoms with E-state index in [1.165, 1.54) is 13.8 Å². The maximum atomic E-state index is 11.9. The highest BCUT2D eigenvalue weighted by atomic mass is 16.2. The van der Waals surface area contributed by atoms with E-state index in [1.807, 2.05) is 13.8 Å². The van der Waals surface area contributed by atoms with E-state index in [0.29, 0.717) is 6.42 Å². The standard InChI is InChI=1S/C13H23NO3/c1-9(15)7-14-11(17)13(5,6)8-12(3,4)10(2)16/h7-8H2,1-6H3,(H,14,17). The summed E-state index contributed by atoms with van der Waals surface area (Å²) in [6.45, 7) is 10.2. The van der Waals surface area contributed by atoms with E-state index < -0.39 is 10.8 Å². The third-order valence-corrected chi connectivity index (χ3v) is 2.95. The van der Waals surface area contributed by atoms with Crippen molar-refractivity contribution < 1.29 is 14.4 Å². The van der Waals surface area contributed by atoms with Crippen molar-refractivity contribution in [2.45, 2.75) is 48.0 Å². The van der Waals surface area contributed by atoms with Gasteiger partial charge >= 0.3 is 0 Å². The van der Waals surface area contributed by atoms with Gasteiger partial charge in [-0.3, -0.25) is 14.4 Å². The quantitative estimate of drug-likeness (QED) is 0.770. The van der Waals surface area contributed by atoms with Crippen LogP contribution >= 0.6 is 0 Å². The highest BCUT2D eigenvalue weighted by molar-refractivity contribution is 5.88. The van der Waals surface area contributed by atoms with Gasteiger partial charge in [0.1, 0.15) is 11.6 Å². The van der Waals surface area contributed by atoms with Gasteiger partial charge in [0.05, 0.1) is 6.54 Å². The van der Waals surface area contributed by atoms with Crippen LogP contribution in [0.25, 0.3) is 0 Å². The summed E-state index contributed by atoms with van der Waals surface area (Å²) in [6.07, 6.45) is 0.457. The van der Waals surface area contributed by atoms with Crippen LogP contribution in [0.5, 0.6) is 0 Å². The second-order valence-electron chi connectivity index (χ2n) is 5.89. The molecule has 0 aliphatic rings. The summed E-state index contributed by atoms with van der Waals surface area (Å²) in [5, 5.41) is 2.58. The lowest BCUT2D eigenvalue weighted by molar-refractivity contribution is -0.135. The predicted octanol–water partition coefficient (Wildman–Crippen LogP) is 1.72. The zero-order valence-corrected chi connectivity index (χ0v) is 11.6. The number of hydrogen-bond acceptors (Lipinski definition) is 3. The van der Waals surface area contributed by atoms with Crippen molar-refractivity contribution in [1.82, 2.24) is 5.32 Å². The number of carbonyl (C=O) groups excluding carboxylic acids is 3. The Morgan fingerprint density at radius 1 is 0.941 bits per heavy atom. The van der Waals surface area contributed by atoms with Gasteiger partial charge in [-0.2, -0.15) is 0 Å². The topological polar surface area (TPSA) is 63.2 Å². The molecule has 1 N–H and O–H groups in total. The molecule has 0 saturated carbocycles. The molecule has 1 amide bonds. The molecule has 0 aliphatic carbocycles.